The van der Waals surface area contributed by atoms with Gasteiger partial charge in [0.25, 0.3) is 0 Å². The molecule has 0 fully saturated rings. The van der Waals surface area contributed by atoms with Crippen LogP contribution < -0.4 is 20.7 Å². The van der Waals surface area contributed by atoms with Crippen LogP contribution in [0.15, 0.2) is 261 Å². The summed E-state index contributed by atoms with van der Waals surface area (Å²) in [6.07, 6.45) is 0. The molecular weight excluding hydrogens is 867 g/mol. The number of para-hydroxylation sites is 1. The highest BCUT2D eigenvalue weighted by molar-refractivity contribution is 7.19. The van der Waals surface area contributed by atoms with Gasteiger partial charge in [0.2, 0.25) is 0 Å². The van der Waals surface area contributed by atoms with E-state index in [0.717, 1.165) is 66.4 Å². The SMILES string of the molecule is N#Cc1ccc(-c2ccc3c(c2)c2ccccc2n3-c2ccc(-c3cccc([Si](c4ccccc4)(c4ccccc4)c4ccccc4)c3)cc2-c2nc(-c3ccccc3)nc(-c3ccccc3)n2)cc1. The van der Waals surface area contributed by atoms with Crippen LogP contribution in [0.1, 0.15) is 5.56 Å². The maximum Gasteiger partial charge on any atom is 0.179 e. The van der Waals surface area contributed by atoms with E-state index in [1.165, 1.54) is 20.7 Å². The lowest BCUT2D eigenvalue weighted by molar-refractivity contribution is 1.06. The van der Waals surface area contributed by atoms with Crippen molar-refractivity contribution in [1.82, 2.24) is 19.5 Å². The molecule has 0 saturated heterocycles. The molecule has 0 atom stereocenters. The summed E-state index contributed by atoms with van der Waals surface area (Å²) < 4.78 is 2.36. The molecule has 6 heteroatoms. The van der Waals surface area contributed by atoms with E-state index in [2.05, 4.69) is 211 Å². The molecule has 2 heterocycles. The Labute approximate surface area is 408 Å². The van der Waals surface area contributed by atoms with Gasteiger partial charge in [0, 0.05) is 27.5 Å². The standard InChI is InChI=1S/C64H43N5Si/c65-44-45-33-35-46(36-34-45)50-37-39-60-57(42-50)56-31-16-17-32-59(56)69(60)61-40-38-51(43-58(61)64-67-62(47-19-6-1-7-20-47)66-63(68-64)48-21-8-2-9-22-48)49-23-18-30-55(41-49)70(52-24-10-3-11-25-52,53-26-12-4-13-27-53)54-28-14-5-15-29-54/h1-43H. The third kappa shape index (κ3) is 7.48. The Morgan fingerprint density at radius 3 is 1.36 bits per heavy atom. The van der Waals surface area contributed by atoms with E-state index < -0.39 is 8.07 Å². The largest absolute Gasteiger partial charge is 0.309 e. The topological polar surface area (TPSA) is 67.4 Å². The predicted octanol–water partition coefficient (Wildman–Crippen LogP) is 12.6. The van der Waals surface area contributed by atoms with Gasteiger partial charge in [-0.15, -0.1) is 0 Å². The quantitative estimate of drug-likeness (QED) is 0.101. The van der Waals surface area contributed by atoms with Crippen molar-refractivity contribution in [2.24, 2.45) is 0 Å². The number of rotatable bonds is 10. The van der Waals surface area contributed by atoms with Crippen molar-refractivity contribution in [3.8, 4) is 68.2 Å². The van der Waals surface area contributed by atoms with Crippen LogP contribution in [0.2, 0.25) is 0 Å². The van der Waals surface area contributed by atoms with Crippen LogP contribution in [0.5, 0.6) is 0 Å². The minimum atomic E-state index is -2.83. The minimum absolute atomic E-state index is 0.572. The van der Waals surface area contributed by atoms with Gasteiger partial charge in [0.1, 0.15) is 0 Å². The molecule has 0 saturated carbocycles. The molecule has 0 aliphatic carbocycles. The van der Waals surface area contributed by atoms with Crippen LogP contribution in [0.25, 0.3) is 83.9 Å². The van der Waals surface area contributed by atoms with Gasteiger partial charge in [-0.25, -0.2) is 15.0 Å². The van der Waals surface area contributed by atoms with Gasteiger partial charge >= 0.3 is 0 Å². The number of fused-ring (bicyclic) bond motifs is 3. The fourth-order valence-electron chi connectivity index (χ4n) is 10.2. The predicted molar refractivity (Wildman–Crippen MR) is 290 cm³/mol. The summed E-state index contributed by atoms with van der Waals surface area (Å²) in [5.41, 5.74) is 10.7. The van der Waals surface area contributed by atoms with Gasteiger partial charge in [-0.05, 0) is 85.5 Å². The summed E-state index contributed by atoms with van der Waals surface area (Å²) in [7, 11) is -2.83. The summed E-state index contributed by atoms with van der Waals surface area (Å²) in [5, 5.41) is 17.0. The van der Waals surface area contributed by atoms with Crippen molar-refractivity contribution in [1.29, 1.82) is 5.26 Å². The lowest BCUT2D eigenvalue weighted by atomic mass is 10.0. The van der Waals surface area contributed by atoms with Crippen LogP contribution in [0, 0.1) is 11.3 Å². The van der Waals surface area contributed by atoms with E-state index in [9.17, 15) is 5.26 Å². The zero-order valence-corrected chi connectivity index (χ0v) is 39.1. The van der Waals surface area contributed by atoms with Crippen molar-refractivity contribution in [2.45, 2.75) is 0 Å². The molecule has 0 aliphatic heterocycles. The van der Waals surface area contributed by atoms with E-state index in [-0.39, 0.29) is 0 Å². The van der Waals surface area contributed by atoms with Crippen LogP contribution in [-0.2, 0) is 0 Å². The van der Waals surface area contributed by atoms with Crippen LogP contribution >= 0.6 is 0 Å². The third-order valence-corrected chi connectivity index (χ3v) is 18.2. The molecule has 0 bridgehead atoms. The Kier molecular flexibility index (Phi) is 10.9. The summed E-state index contributed by atoms with van der Waals surface area (Å²) in [4.78, 5) is 15.8. The van der Waals surface area contributed by atoms with Crippen molar-refractivity contribution in [3.63, 3.8) is 0 Å². The van der Waals surface area contributed by atoms with E-state index in [4.69, 9.17) is 15.0 Å². The Bertz CT molecular complexity index is 3720. The van der Waals surface area contributed by atoms with Gasteiger partial charge in [0.15, 0.2) is 25.5 Å². The van der Waals surface area contributed by atoms with Crippen molar-refractivity contribution < 1.29 is 0 Å². The van der Waals surface area contributed by atoms with Crippen LogP contribution in [0.4, 0.5) is 0 Å². The summed E-state index contributed by atoms with van der Waals surface area (Å²) in [6, 6.07) is 94.7. The Hall–Kier alpha value is -9.28. The zero-order valence-electron chi connectivity index (χ0n) is 38.1. The molecule has 0 radical (unpaired) electrons. The molecule has 12 rings (SSSR count). The first-order valence-electron chi connectivity index (χ1n) is 23.5. The Balaban J connectivity index is 1.12. The zero-order chi connectivity index (χ0) is 46.9. The van der Waals surface area contributed by atoms with Gasteiger partial charge < -0.3 is 4.57 Å². The highest BCUT2D eigenvalue weighted by Crippen LogP contribution is 2.39. The average Bonchev–Trinajstić information content (AvgIpc) is 3.78. The van der Waals surface area contributed by atoms with E-state index in [1.54, 1.807) is 0 Å². The molecule has 0 N–H and O–H groups in total. The first-order valence-corrected chi connectivity index (χ1v) is 25.5. The number of hydrogen-bond acceptors (Lipinski definition) is 4. The Morgan fingerprint density at radius 1 is 0.329 bits per heavy atom. The molecular formula is C64H43N5Si. The molecule has 0 unspecified atom stereocenters. The van der Waals surface area contributed by atoms with E-state index >= 15 is 0 Å². The van der Waals surface area contributed by atoms with Crippen molar-refractivity contribution in [3.05, 3.63) is 266 Å². The van der Waals surface area contributed by atoms with Gasteiger partial charge in [0.05, 0.1) is 28.4 Å². The van der Waals surface area contributed by atoms with Crippen LogP contribution in [0.3, 0.4) is 0 Å². The lowest BCUT2D eigenvalue weighted by Crippen LogP contribution is -2.74. The number of aromatic nitrogens is 4. The second kappa shape index (κ2) is 18.1. The monoisotopic (exact) mass is 909 g/mol. The molecule has 5 nitrogen and oxygen atoms in total. The first-order chi connectivity index (χ1) is 34.7. The van der Waals surface area contributed by atoms with E-state index in [1.807, 2.05) is 60.7 Å². The van der Waals surface area contributed by atoms with Crippen molar-refractivity contribution >= 4 is 50.6 Å². The highest BCUT2D eigenvalue weighted by atomic mass is 28.3. The average molecular weight is 910 g/mol. The second-order valence-corrected chi connectivity index (χ2v) is 21.3. The molecule has 10 aromatic carbocycles. The fraction of sp³-hybridized carbons (Fsp3) is 0. The lowest BCUT2D eigenvalue weighted by Gasteiger charge is -2.34. The smallest absolute Gasteiger partial charge is 0.179 e. The number of nitriles is 1. The second-order valence-electron chi connectivity index (χ2n) is 17.5. The van der Waals surface area contributed by atoms with Gasteiger partial charge in [-0.2, -0.15) is 5.26 Å². The maximum atomic E-state index is 9.51. The molecule has 0 aliphatic rings. The number of benzene rings is 10. The highest BCUT2D eigenvalue weighted by Gasteiger charge is 2.41. The normalized spacial score (nSPS) is 11.4. The molecule has 12 aromatic rings. The number of nitrogens with zero attached hydrogens (tertiary/aromatic N) is 5. The molecule has 0 amide bonds. The van der Waals surface area contributed by atoms with Gasteiger partial charge in [-0.1, -0.05) is 218 Å². The fourth-order valence-corrected chi connectivity index (χ4v) is 15.0. The molecule has 70 heavy (non-hydrogen) atoms. The first kappa shape index (κ1) is 42.1. The summed E-state index contributed by atoms with van der Waals surface area (Å²) in [5.74, 6) is 1.77. The molecule has 0 spiro atoms. The van der Waals surface area contributed by atoms with Crippen LogP contribution in [-0.4, -0.2) is 27.6 Å². The summed E-state index contributed by atoms with van der Waals surface area (Å²) >= 11 is 0. The molecule has 2 aromatic heterocycles. The maximum absolute atomic E-state index is 9.51. The van der Waals surface area contributed by atoms with E-state index in [0.29, 0.717) is 23.0 Å². The Morgan fingerprint density at radius 2 is 0.771 bits per heavy atom. The number of hydrogen-bond donors (Lipinski definition) is 0. The molecule has 328 valence electrons. The van der Waals surface area contributed by atoms with Gasteiger partial charge in [-0.3, -0.25) is 0 Å². The third-order valence-electron chi connectivity index (χ3n) is 13.4. The van der Waals surface area contributed by atoms with Crippen molar-refractivity contribution in [2.75, 3.05) is 0 Å². The summed E-state index contributed by atoms with van der Waals surface area (Å²) in [6.45, 7) is 0. The minimum Gasteiger partial charge on any atom is -0.309 e.